The van der Waals surface area contributed by atoms with Crippen molar-refractivity contribution in [3.63, 3.8) is 0 Å². The molecule has 1 fully saturated rings. The Balaban J connectivity index is 1.82. The second-order valence-electron chi connectivity index (χ2n) is 4.91. The summed E-state index contributed by atoms with van der Waals surface area (Å²) >= 11 is 0. The summed E-state index contributed by atoms with van der Waals surface area (Å²) in [5, 5.41) is 16.8. The maximum atomic E-state index is 11.7. The predicted octanol–water partition coefficient (Wildman–Crippen LogP) is 0.714. The van der Waals surface area contributed by atoms with Crippen molar-refractivity contribution < 1.29 is 19.5 Å². The van der Waals surface area contributed by atoms with Crippen LogP contribution in [0, 0.1) is 0 Å². The van der Waals surface area contributed by atoms with Gasteiger partial charge < -0.3 is 21.1 Å². The molecule has 0 aliphatic carbocycles. The number of hydrogen-bond donors (Lipinski definition) is 4. The number of carbonyl (C=O) groups is 3. The van der Waals surface area contributed by atoms with E-state index in [-0.39, 0.29) is 24.4 Å². The van der Waals surface area contributed by atoms with E-state index in [1.165, 1.54) is 0 Å². The average Bonchev–Trinajstić information content (AvgIpc) is 2.82. The van der Waals surface area contributed by atoms with E-state index in [9.17, 15) is 14.4 Å². The first-order valence-electron chi connectivity index (χ1n) is 6.68. The van der Waals surface area contributed by atoms with E-state index in [1.54, 1.807) is 24.3 Å². The third kappa shape index (κ3) is 4.79. The molecule has 1 aromatic rings. The third-order valence-corrected chi connectivity index (χ3v) is 3.13. The van der Waals surface area contributed by atoms with E-state index in [4.69, 9.17) is 5.11 Å². The van der Waals surface area contributed by atoms with E-state index in [0.29, 0.717) is 30.6 Å². The van der Waals surface area contributed by atoms with Crippen LogP contribution in [0.1, 0.15) is 18.4 Å². The highest BCUT2D eigenvalue weighted by molar-refractivity contribution is 5.89. The van der Waals surface area contributed by atoms with Gasteiger partial charge in [-0.25, -0.2) is 4.79 Å². The largest absolute Gasteiger partial charge is 0.481 e. The van der Waals surface area contributed by atoms with Gasteiger partial charge in [0.05, 0.1) is 6.42 Å². The number of urea groups is 1. The monoisotopic (exact) mass is 291 g/mol. The first-order chi connectivity index (χ1) is 10.0. The molecule has 1 unspecified atom stereocenters. The van der Waals surface area contributed by atoms with Crippen molar-refractivity contribution in [2.75, 3.05) is 11.9 Å². The Morgan fingerprint density at radius 2 is 2.19 bits per heavy atom. The zero-order valence-electron chi connectivity index (χ0n) is 11.4. The highest BCUT2D eigenvalue weighted by Crippen LogP contribution is 2.11. The minimum Gasteiger partial charge on any atom is -0.481 e. The second kappa shape index (κ2) is 6.74. The van der Waals surface area contributed by atoms with Crippen LogP contribution in [-0.2, 0) is 16.0 Å². The van der Waals surface area contributed by atoms with Crippen molar-refractivity contribution in [3.05, 3.63) is 29.8 Å². The molecule has 1 aliphatic heterocycles. The van der Waals surface area contributed by atoms with E-state index in [1.807, 2.05) is 0 Å². The number of amides is 3. The predicted molar refractivity (Wildman–Crippen MR) is 76.0 cm³/mol. The molecule has 1 aromatic carbocycles. The van der Waals surface area contributed by atoms with Gasteiger partial charge in [-0.15, -0.1) is 0 Å². The van der Waals surface area contributed by atoms with E-state index in [0.717, 1.165) is 0 Å². The van der Waals surface area contributed by atoms with E-state index >= 15 is 0 Å². The van der Waals surface area contributed by atoms with Crippen LogP contribution >= 0.6 is 0 Å². The van der Waals surface area contributed by atoms with Gasteiger partial charge in [-0.1, -0.05) is 12.1 Å². The Labute approximate surface area is 121 Å². The van der Waals surface area contributed by atoms with Crippen LogP contribution in [0.15, 0.2) is 24.3 Å². The van der Waals surface area contributed by atoms with Gasteiger partial charge in [-0.2, -0.15) is 0 Å². The van der Waals surface area contributed by atoms with Crippen LogP contribution in [0.3, 0.4) is 0 Å². The average molecular weight is 291 g/mol. The van der Waals surface area contributed by atoms with Gasteiger partial charge in [0.25, 0.3) is 0 Å². The summed E-state index contributed by atoms with van der Waals surface area (Å²) in [4.78, 5) is 33.4. The number of benzene rings is 1. The molecule has 3 amide bonds. The maximum Gasteiger partial charge on any atom is 0.319 e. The maximum absolute atomic E-state index is 11.7. The van der Waals surface area contributed by atoms with Gasteiger partial charge in [0, 0.05) is 24.7 Å². The molecule has 7 nitrogen and oxygen atoms in total. The molecule has 1 heterocycles. The van der Waals surface area contributed by atoms with Crippen molar-refractivity contribution in [1.29, 1.82) is 0 Å². The minimum absolute atomic E-state index is 0.00331. The lowest BCUT2D eigenvalue weighted by Gasteiger charge is -2.12. The van der Waals surface area contributed by atoms with Gasteiger partial charge in [-0.3, -0.25) is 9.59 Å². The molecule has 0 aromatic heterocycles. The standard InChI is InChI=1S/C14H17N3O4/c18-12-5-4-11(16-12)8-15-14(21)17-10-3-1-2-9(6-10)7-13(19)20/h1-3,6,11H,4-5,7-8H2,(H,16,18)(H,19,20)(H2,15,17,21). The van der Waals surface area contributed by atoms with Gasteiger partial charge >= 0.3 is 12.0 Å². The summed E-state index contributed by atoms with van der Waals surface area (Å²) in [5.41, 5.74) is 1.14. The minimum atomic E-state index is -0.923. The Morgan fingerprint density at radius 1 is 1.38 bits per heavy atom. The number of aliphatic carboxylic acids is 1. The van der Waals surface area contributed by atoms with Gasteiger partial charge in [-0.05, 0) is 24.1 Å². The van der Waals surface area contributed by atoms with Gasteiger partial charge in [0.1, 0.15) is 0 Å². The van der Waals surface area contributed by atoms with Gasteiger partial charge in [0.2, 0.25) is 5.91 Å². The SMILES string of the molecule is O=C(O)Cc1cccc(NC(=O)NCC2CCC(=O)N2)c1. The Kier molecular flexibility index (Phi) is 4.76. The molecule has 112 valence electrons. The molecule has 4 N–H and O–H groups in total. The number of carboxylic acid groups (broad SMARTS) is 1. The van der Waals surface area contributed by atoms with Crippen LogP contribution in [0.4, 0.5) is 10.5 Å². The van der Waals surface area contributed by atoms with E-state index < -0.39 is 5.97 Å². The molecule has 1 saturated heterocycles. The fourth-order valence-corrected chi connectivity index (χ4v) is 2.16. The molecule has 0 radical (unpaired) electrons. The van der Waals surface area contributed by atoms with Crippen molar-refractivity contribution in [2.24, 2.45) is 0 Å². The molecule has 0 spiro atoms. The lowest BCUT2D eigenvalue weighted by molar-refractivity contribution is -0.136. The summed E-state index contributed by atoms with van der Waals surface area (Å²) < 4.78 is 0. The number of carboxylic acids is 1. The van der Waals surface area contributed by atoms with Crippen molar-refractivity contribution >= 4 is 23.6 Å². The number of nitrogens with one attached hydrogen (secondary N) is 3. The van der Waals surface area contributed by atoms with Crippen molar-refractivity contribution in [1.82, 2.24) is 10.6 Å². The zero-order chi connectivity index (χ0) is 15.2. The quantitative estimate of drug-likeness (QED) is 0.641. The molecule has 0 bridgehead atoms. The first kappa shape index (κ1) is 14.8. The Hall–Kier alpha value is -2.57. The number of anilines is 1. The molecular formula is C14H17N3O4. The third-order valence-electron chi connectivity index (χ3n) is 3.13. The first-order valence-corrected chi connectivity index (χ1v) is 6.68. The summed E-state index contributed by atoms with van der Waals surface area (Å²) in [6, 6.07) is 6.26. The van der Waals surface area contributed by atoms with Crippen LogP contribution in [0.5, 0.6) is 0 Å². The summed E-state index contributed by atoms with van der Waals surface area (Å²) in [6.45, 7) is 0.367. The topological polar surface area (TPSA) is 108 Å². The molecule has 21 heavy (non-hydrogen) atoms. The zero-order valence-corrected chi connectivity index (χ0v) is 11.4. The fraction of sp³-hybridized carbons (Fsp3) is 0.357. The fourth-order valence-electron chi connectivity index (χ4n) is 2.16. The highest BCUT2D eigenvalue weighted by Gasteiger charge is 2.20. The summed E-state index contributed by atoms with van der Waals surface area (Å²) in [7, 11) is 0. The lowest BCUT2D eigenvalue weighted by atomic mass is 10.1. The number of rotatable bonds is 5. The summed E-state index contributed by atoms with van der Waals surface area (Å²) in [6.07, 6.45) is 1.11. The van der Waals surface area contributed by atoms with Crippen LogP contribution in [-0.4, -0.2) is 35.6 Å². The van der Waals surface area contributed by atoms with Crippen molar-refractivity contribution in [3.8, 4) is 0 Å². The van der Waals surface area contributed by atoms with E-state index in [2.05, 4.69) is 16.0 Å². The van der Waals surface area contributed by atoms with Crippen LogP contribution < -0.4 is 16.0 Å². The van der Waals surface area contributed by atoms with Gasteiger partial charge in [0.15, 0.2) is 0 Å². The Bertz CT molecular complexity index is 559. The molecule has 7 heteroatoms. The number of hydrogen-bond acceptors (Lipinski definition) is 3. The number of carbonyl (C=O) groups excluding carboxylic acids is 2. The molecular weight excluding hydrogens is 274 g/mol. The lowest BCUT2D eigenvalue weighted by Crippen LogP contribution is -2.40. The smallest absolute Gasteiger partial charge is 0.319 e. The molecule has 1 aliphatic rings. The van der Waals surface area contributed by atoms with Crippen molar-refractivity contribution in [2.45, 2.75) is 25.3 Å². The van der Waals surface area contributed by atoms with Crippen LogP contribution in [0.2, 0.25) is 0 Å². The highest BCUT2D eigenvalue weighted by atomic mass is 16.4. The second-order valence-corrected chi connectivity index (χ2v) is 4.91. The summed E-state index contributed by atoms with van der Waals surface area (Å²) in [5.74, 6) is -0.919. The molecule has 2 rings (SSSR count). The molecule has 1 atom stereocenters. The van der Waals surface area contributed by atoms with Crippen LogP contribution in [0.25, 0.3) is 0 Å². The Morgan fingerprint density at radius 3 is 2.86 bits per heavy atom. The normalized spacial score (nSPS) is 17.1. The molecule has 0 saturated carbocycles.